The first-order chi connectivity index (χ1) is 11.9. The molecule has 4 nitrogen and oxygen atoms in total. The van der Waals surface area contributed by atoms with Gasteiger partial charge in [0, 0.05) is 21.7 Å². The molecule has 0 aromatic carbocycles. The largest absolute Gasteiger partial charge is 0.190 e. The van der Waals surface area contributed by atoms with Crippen LogP contribution >= 0.6 is 0 Å². The number of hydrogen-bond donors (Lipinski definition) is 0. The lowest BCUT2D eigenvalue weighted by molar-refractivity contribution is -0.494. The molecular formula is C20H18N4. The fourth-order valence-electron chi connectivity index (χ4n) is 16.1. The van der Waals surface area contributed by atoms with E-state index < -0.39 is 0 Å². The van der Waals surface area contributed by atoms with E-state index >= 15 is 0 Å². The Hall–Kier alpha value is -0.800. The number of rotatable bonds is 0. The molecule has 4 spiro atoms. The van der Waals surface area contributed by atoms with Crippen molar-refractivity contribution in [1.82, 2.24) is 0 Å². The minimum absolute atomic E-state index is 0.597. The van der Waals surface area contributed by atoms with Gasteiger partial charge in [-0.25, -0.2) is 0 Å². The molecule has 118 valence electrons. The summed E-state index contributed by atoms with van der Waals surface area (Å²) in [6, 6.07) is 2.58. The van der Waals surface area contributed by atoms with Gasteiger partial charge in [0.25, 0.3) is 0 Å². The highest BCUT2D eigenvalue weighted by molar-refractivity contribution is 5.65. The second-order valence-corrected chi connectivity index (χ2v) is 12.1. The van der Waals surface area contributed by atoms with Gasteiger partial charge >= 0.3 is 0 Å². The zero-order chi connectivity index (χ0) is 14.3. The molecule has 4 heterocycles. The normalized spacial score (nSPS) is 99.7. The van der Waals surface area contributed by atoms with Crippen LogP contribution < -0.4 is 0 Å². The fraction of sp³-hybridized carbons (Fsp3) is 1.00. The Bertz CT molecular complexity index is 814. The van der Waals surface area contributed by atoms with Crippen LogP contribution in [0.5, 0.6) is 0 Å². The Morgan fingerprint density at radius 1 is 0.417 bits per heavy atom. The van der Waals surface area contributed by atoms with Crippen molar-refractivity contribution in [2.45, 2.75) is 37.0 Å². The van der Waals surface area contributed by atoms with Gasteiger partial charge in [0.2, 0.25) is 0 Å². The molecule has 0 N–H and O–H groups in total. The van der Waals surface area contributed by atoms with Gasteiger partial charge in [0.1, 0.15) is 0 Å². The zero-order valence-corrected chi connectivity index (χ0v) is 13.3. The summed E-state index contributed by atoms with van der Waals surface area (Å²) in [7, 11) is 0. The van der Waals surface area contributed by atoms with Gasteiger partial charge < -0.3 is 0 Å². The van der Waals surface area contributed by atoms with Crippen LogP contribution in [-0.4, -0.2) is 24.2 Å². The molecule has 16 aliphatic rings. The highest BCUT2D eigenvalue weighted by Crippen LogP contribution is 3.16. The van der Waals surface area contributed by atoms with Gasteiger partial charge in [0.15, 0.2) is 0 Å². The van der Waals surface area contributed by atoms with Crippen LogP contribution in [0.4, 0.5) is 0 Å². The van der Waals surface area contributed by atoms with Crippen molar-refractivity contribution < 1.29 is 0 Å². The molecule has 16 bridgehead atoms. The van der Waals surface area contributed by atoms with E-state index in [0.29, 0.717) is 45.8 Å². The second kappa shape index (κ2) is 1.97. The van der Waals surface area contributed by atoms with Crippen molar-refractivity contribution in [2.75, 3.05) is 0 Å². The Labute approximate surface area is 138 Å². The third-order valence-electron chi connectivity index (χ3n) is 14.1. The molecule has 12 fully saturated rings. The predicted octanol–water partition coefficient (Wildman–Crippen LogP) is 2.42. The van der Waals surface area contributed by atoms with Gasteiger partial charge in [-0.1, -0.05) is 0 Å². The highest BCUT2D eigenvalue weighted by Gasteiger charge is 3.18. The van der Waals surface area contributed by atoms with Crippen molar-refractivity contribution in [3.63, 3.8) is 0 Å². The molecule has 18 atom stereocenters. The highest BCUT2D eigenvalue weighted by atomic mass is 15.4. The SMILES string of the molecule is C1[C@H]2C3C4[C@H]5C[C@@H]3C36[C@H]7N=N[C@@H]8C9C%10C(C97)[C@H]7N=N[C@@H]%10C([C@@H]14)(C573)C826. The smallest absolute Gasteiger partial charge is 0.0815 e. The zero-order valence-electron chi connectivity index (χ0n) is 13.3. The summed E-state index contributed by atoms with van der Waals surface area (Å²) in [5.74, 6) is 9.91. The summed E-state index contributed by atoms with van der Waals surface area (Å²) >= 11 is 0. The lowest BCUT2D eigenvalue weighted by Gasteiger charge is -2.97. The van der Waals surface area contributed by atoms with Crippen molar-refractivity contribution in [3.8, 4) is 0 Å². The second-order valence-electron chi connectivity index (χ2n) is 12.1. The van der Waals surface area contributed by atoms with E-state index in [1.807, 2.05) is 0 Å². The van der Waals surface area contributed by atoms with E-state index in [1.54, 1.807) is 12.8 Å². The molecule has 0 radical (unpaired) electrons. The van der Waals surface area contributed by atoms with Gasteiger partial charge in [-0.3, -0.25) is 0 Å². The lowest BCUT2D eigenvalue weighted by Crippen LogP contribution is -3.02. The molecule has 0 aromatic rings. The molecule has 4 heteroatoms. The van der Waals surface area contributed by atoms with Crippen LogP contribution in [0.1, 0.15) is 12.8 Å². The summed E-state index contributed by atoms with van der Waals surface area (Å²) in [4.78, 5) is 0. The monoisotopic (exact) mass is 314 g/mol. The minimum Gasteiger partial charge on any atom is -0.190 e. The Kier molecular flexibility index (Phi) is 0.802. The number of azo groups is 2. The van der Waals surface area contributed by atoms with Crippen LogP contribution in [-0.2, 0) is 0 Å². The maximum Gasteiger partial charge on any atom is 0.0815 e. The van der Waals surface area contributed by atoms with Crippen LogP contribution in [0.3, 0.4) is 0 Å². The molecule has 0 saturated heterocycles. The molecule has 12 aliphatic carbocycles. The van der Waals surface area contributed by atoms with Crippen molar-refractivity contribution in [2.24, 2.45) is 101 Å². The van der Waals surface area contributed by atoms with Crippen molar-refractivity contribution >= 4 is 0 Å². The minimum atomic E-state index is 0.597. The topological polar surface area (TPSA) is 49.4 Å². The lowest BCUT2D eigenvalue weighted by atomic mass is 9.07. The maximum absolute atomic E-state index is 5.16. The van der Waals surface area contributed by atoms with E-state index in [0.717, 1.165) is 59.2 Å². The molecule has 0 amide bonds. The maximum atomic E-state index is 5.16. The van der Waals surface area contributed by atoms with E-state index in [-0.39, 0.29) is 0 Å². The van der Waals surface area contributed by atoms with Crippen molar-refractivity contribution in [1.29, 1.82) is 0 Å². The van der Waals surface area contributed by atoms with Gasteiger partial charge in [-0.05, 0) is 72.0 Å². The predicted molar refractivity (Wildman–Crippen MR) is 78.7 cm³/mol. The van der Waals surface area contributed by atoms with Crippen molar-refractivity contribution in [3.05, 3.63) is 0 Å². The van der Waals surface area contributed by atoms with E-state index in [9.17, 15) is 0 Å². The van der Waals surface area contributed by atoms with E-state index in [2.05, 4.69) is 0 Å². The molecular weight excluding hydrogens is 296 g/mol. The van der Waals surface area contributed by atoms with Gasteiger partial charge in [0.05, 0.1) is 24.2 Å². The third-order valence-corrected chi connectivity index (χ3v) is 14.1. The summed E-state index contributed by atoms with van der Waals surface area (Å²) in [5.41, 5.74) is 2.39. The van der Waals surface area contributed by atoms with Crippen LogP contribution in [0.15, 0.2) is 20.5 Å². The Morgan fingerprint density at radius 3 is 1.00 bits per heavy atom. The standard InChI is InChI=1S/C20H18N4/c1-3-7-5-2-6-8(7)4(1)18-14-10-9-11-12(10)16(24-22-14)20(6,18)19(5)15(11)23-21-13(9)17(3,18)19/h3-16H,1-2H2/t3-,4-,5-,6+,7?,8?,9?,10?,11?,12?,13+,14-,15-,16+,17?,18?,19?,20?/m0/s1. The first-order valence-electron chi connectivity index (χ1n) is 10.7. The summed E-state index contributed by atoms with van der Waals surface area (Å²) in [6.45, 7) is 0. The molecule has 0 aromatic heterocycles. The molecule has 10 unspecified atom stereocenters. The van der Waals surface area contributed by atoms with E-state index in [4.69, 9.17) is 20.5 Å². The van der Waals surface area contributed by atoms with Gasteiger partial charge in [-0.2, -0.15) is 20.5 Å². The first kappa shape index (κ1) is 9.78. The number of hydrogen-bond acceptors (Lipinski definition) is 4. The fourth-order valence-corrected chi connectivity index (χ4v) is 16.1. The Morgan fingerprint density at radius 2 is 0.708 bits per heavy atom. The van der Waals surface area contributed by atoms with E-state index in [1.165, 1.54) is 0 Å². The van der Waals surface area contributed by atoms with Crippen LogP contribution in [0, 0.1) is 80.8 Å². The number of nitrogens with zero attached hydrogens (tertiary/aromatic N) is 4. The third kappa shape index (κ3) is 0.369. The molecule has 16 rings (SSSR count). The van der Waals surface area contributed by atoms with Crippen LogP contribution in [0.2, 0.25) is 0 Å². The average molecular weight is 314 g/mol. The average Bonchev–Trinajstić information content (AvgIpc) is 3.23. The van der Waals surface area contributed by atoms with Crippen LogP contribution in [0.25, 0.3) is 0 Å². The Balaban J connectivity index is 1.47. The molecule has 12 saturated carbocycles. The first-order valence-corrected chi connectivity index (χ1v) is 10.7. The molecule has 4 aliphatic heterocycles. The summed E-state index contributed by atoms with van der Waals surface area (Å²) in [5, 5.41) is 20.6. The molecule has 24 heavy (non-hydrogen) atoms. The summed E-state index contributed by atoms with van der Waals surface area (Å²) in [6.07, 6.45) is 3.16. The van der Waals surface area contributed by atoms with Gasteiger partial charge in [-0.15, -0.1) is 0 Å². The quantitative estimate of drug-likeness (QED) is 0.659. The summed E-state index contributed by atoms with van der Waals surface area (Å²) < 4.78 is 0.